The fourth-order valence-corrected chi connectivity index (χ4v) is 4.36. The summed E-state index contributed by atoms with van der Waals surface area (Å²) in [5.41, 5.74) is 2.54. The molecule has 1 atom stereocenters. The van der Waals surface area contributed by atoms with Crippen molar-refractivity contribution in [2.45, 2.75) is 65.1 Å². The molecule has 0 heterocycles. The number of rotatable bonds is 3. The Bertz CT molecular complexity index is 378. The first-order chi connectivity index (χ1) is 8.22. The van der Waals surface area contributed by atoms with Gasteiger partial charge in [-0.25, -0.2) is 0 Å². The molecular weight excluding hydrogens is 247 g/mol. The van der Waals surface area contributed by atoms with E-state index in [0.29, 0.717) is 19.4 Å². The molecule has 0 amide bonds. The third kappa shape index (κ3) is 3.85. The highest BCUT2D eigenvalue weighted by Gasteiger charge is 2.47. The van der Waals surface area contributed by atoms with Gasteiger partial charge in [0.05, 0.1) is 6.61 Å². The Morgan fingerprint density at radius 1 is 1.28 bits per heavy atom. The third-order valence-electron chi connectivity index (χ3n) is 3.09. The topological polar surface area (TPSA) is 46.5 Å². The molecule has 0 aromatic heterocycles. The normalized spacial score (nSPS) is 22.7. The Morgan fingerprint density at radius 3 is 2.28 bits per heavy atom. The van der Waals surface area contributed by atoms with Gasteiger partial charge in [0.1, 0.15) is 0 Å². The lowest BCUT2D eigenvalue weighted by molar-refractivity contribution is 0.0665. The van der Waals surface area contributed by atoms with E-state index in [2.05, 4.69) is 11.6 Å². The lowest BCUT2D eigenvalue weighted by atomic mass is 9.97. The number of hydrogen-bond donors (Lipinski definition) is 1. The minimum absolute atomic E-state index is 0.238. The largest absolute Gasteiger partial charge is 0.379 e. The molecule has 1 aliphatic carbocycles. The Hall–Kier alpha value is -0.290. The van der Waals surface area contributed by atoms with Crippen molar-refractivity contribution in [1.29, 1.82) is 0 Å². The van der Waals surface area contributed by atoms with E-state index in [-0.39, 0.29) is 5.41 Å². The standard InChI is InChI=1S/C14H25O3P/c1-5-17-18(16,12-11-13(2,3)4)14(15)9-7-6-8-10-14/h15H,5-10H2,1-4H3/t18-/m0/s1. The molecular formula is C14H25O3P. The first-order valence-corrected chi connectivity index (χ1v) is 8.36. The molecule has 0 spiro atoms. The summed E-state index contributed by atoms with van der Waals surface area (Å²) < 4.78 is 18.3. The molecule has 1 rings (SSSR count). The molecule has 104 valence electrons. The van der Waals surface area contributed by atoms with Crippen LogP contribution in [0.15, 0.2) is 0 Å². The highest BCUT2D eigenvalue weighted by atomic mass is 31.2. The second kappa shape index (κ2) is 5.78. The SMILES string of the molecule is CCO[P@@](=O)(C#CC(C)(C)C)C1(O)CCCCC1. The average molecular weight is 272 g/mol. The quantitative estimate of drug-likeness (QED) is 0.625. The minimum atomic E-state index is -3.31. The summed E-state index contributed by atoms with van der Waals surface area (Å²) >= 11 is 0. The molecule has 1 fully saturated rings. The molecule has 18 heavy (non-hydrogen) atoms. The van der Waals surface area contributed by atoms with Crippen LogP contribution in [0.25, 0.3) is 0 Å². The molecule has 0 aromatic carbocycles. The summed E-state index contributed by atoms with van der Waals surface area (Å²) in [6.07, 6.45) is 3.93. The maximum absolute atomic E-state index is 12.9. The van der Waals surface area contributed by atoms with Gasteiger partial charge in [0.25, 0.3) is 0 Å². The van der Waals surface area contributed by atoms with Crippen LogP contribution in [0, 0.1) is 17.0 Å². The van der Waals surface area contributed by atoms with Crippen LogP contribution in [0.4, 0.5) is 0 Å². The summed E-state index contributed by atoms with van der Waals surface area (Å²) in [5.74, 6) is 2.97. The molecule has 0 radical (unpaired) electrons. The van der Waals surface area contributed by atoms with E-state index in [1.54, 1.807) is 6.92 Å². The first kappa shape index (κ1) is 15.8. The van der Waals surface area contributed by atoms with Gasteiger partial charge in [0, 0.05) is 5.41 Å². The van der Waals surface area contributed by atoms with Gasteiger partial charge in [0.15, 0.2) is 5.34 Å². The van der Waals surface area contributed by atoms with Crippen molar-refractivity contribution >= 4 is 7.37 Å². The van der Waals surface area contributed by atoms with Gasteiger partial charge < -0.3 is 9.63 Å². The van der Waals surface area contributed by atoms with Crippen LogP contribution in [-0.2, 0) is 9.09 Å². The molecule has 0 aliphatic heterocycles. The van der Waals surface area contributed by atoms with Crippen LogP contribution in [-0.4, -0.2) is 17.1 Å². The fraction of sp³-hybridized carbons (Fsp3) is 0.857. The van der Waals surface area contributed by atoms with Gasteiger partial charge in [0.2, 0.25) is 0 Å². The third-order valence-corrected chi connectivity index (χ3v) is 5.66. The van der Waals surface area contributed by atoms with Gasteiger partial charge in [-0.2, -0.15) is 0 Å². The van der Waals surface area contributed by atoms with E-state index < -0.39 is 12.7 Å². The van der Waals surface area contributed by atoms with Gasteiger partial charge in [-0.1, -0.05) is 12.3 Å². The maximum atomic E-state index is 12.9. The van der Waals surface area contributed by atoms with Crippen LogP contribution < -0.4 is 0 Å². The van der Waals surface area contributed by atoms with Gasteiger partial charge in [-0.15, -0.1) is 0 Å². The van der Waals surface area contributed by atoms with Crippen LogP contribution in [0.2, 0.25) is 0 Å². The highest BCUT2D eigenvalue weighted by molar-refractivity contribution is 7.65. The molecule has 1 saturated carbocycles. The highest BCUT2D eigenvalue weighted by Crippen LogP contribution is 2.62. The first-order valence-electron chi connectivity index (χ1n) is 6.74. The average Bonchev–Trinajstić information content (AvgIpc) is 2.27. The predicted octanol–water partition coefficient (Wildman–Crippen LogP) is 3.96. The van der Waals surface area contributed by atoms with Crippen LogP contribution in [0.5, 0.6) is 0 Å². The molecule has 1 N–H and O–H groups in total. The smallest absolute Gasteiger partial charge is 0.304 e. The zero-order valence-electron chi connectivity index (χ0n) is 12.0. The zero-order valence-corrected chi connectivity index (χ0v) is 12.8. The van der Waals surface area contributed by atoms with Crippen LogP contribution in [0.3, 0.4) is 0 Å². The van der Waals surface area contributed by atoms with E-state index in [9.17, 15) is 9.67 Å². The van der Waals surface area contributed by atoms with Crippen molar-refractivity contribution < 1.29 is 14.2 Å². The van der Waals surface area contributed by atoms with Gasteiger partial charge >= 0.3 is 7.37 Å². The minimum Gasteiger partial charge on any atom is -0.379 e. The fourth-order valence-electron chi connectivity index (χ4n) is 2.09. The van der Waals surface area contributed by atoms with Gasteiger partial charge in [-0.05, 0) is 59.0 Å². The Balaban J connectivity index is 3.05. The Morgan fingerprint density at radius 2 is 1.83 bits per heavy atom. The lowest BCUT2D eigenvalue weighted by Gasteiger charge is -2.35. The summed E-state index contributed by atoms with van der Waals surface area (Å²) in [6, 6.07) is 0. The van der Waals surface area contributed by atoms with Crippen molar-refractivity contribution in [2.24, 2.45) is 5.41 Å². The summed E-state index contributed by atoms with van der Waals surface area (Å²) in [5, 5.41) is 9.39. The van der Waals surface area contributed by atoms with E-state index in [0.717, 1.165) is 19.3 Å². The molecule has 4 heteroatoms. The Labute approximate surface area is 111 Å². The monoisotopic (exact) mass is 272 g/mol. The number of hydrogen-bond acceptors (Lipinski definition) is 3. The Kier molecular flexibility index (Phi) is 5.06. The second-order valence-electron chi connectivity index (χ2n) is 6.00. The molecule has 0 aromatic rings. The van der Waals surface area contributed by atoms with Crippen molar-refractivity contribution in [3.05, 3.63) is 0 Å². The maximum Gasteiger partial charge on any atom is 0.304 e. The summed E-state index contributed by atoms with van der Waals surface area (Å²) in [7, 11) is -3.31. The predicted molar refractivity (Wildman–Crippen MR) is 74.5 cm³/mol. The van der Waals surface area contributed by atoms with Crippen molar-refractivity contribution in [3.8, 4) is 11.6 Å². The second-order valence-corrected chi connectivity index (χ2v) is 8.42. The summed E-state index contributed by atoms with van der Waals surface area (Å²) in [6.45, 7) is 7.99. The summed E-state index contributed by atoms with van der Waals surface area (Å²) in [4.78, 5) is 0. The number of aliphatic hydroxyl groups is 1. The molecule has 3 nitrogen and oxygen atoms in total. The van der Waals surface area contributed by atoms with E-state index in [1.165, 1.54) is 0 Å². The molecule has 0 unspecified atom stereocenters. The van der Waals surface area contributed by atoms with E-state index in [4.69, 9.17) is 4.52 Å². The zero-order chi connectivity index (χ0) is 13.9. The van der Waals surface area contributed by atoms with Crippen molar-refractivity contribution in [1.82, 2.24) is 0 Å². The van der Waals surface area contributed by atoms with Crippen molar-refractivity contribution in [3.63, 3.8) is 0 Å². The van der Waals surface area contributed by atoms with Crippen LogP contribution >= 0.6 is 7.37 Å². The van der Waals surface area contributed by atoms with E-state index in [1.807, 2.05) is 20.8 Å². The molecule has 0 bridgehead atoms. The van der Waals surface area contributed by atoms with Gasteiger partial charge in [-0.3, -0.25) is 4.57 Å². The van der Waals surface area contributed by atoms with Crippen LogP contribution in [0.1, 0.15) is 59.8 Å². The molecule has 1 aliphatic rings. The molecule has 0 saturated heterocycles. The lowest BCUT2D eigenvalue weighted by Crippen LogP contribution is -2.31. The van der Waals surface area contributed by atoms with E-state index >= 15 is 0 Å². The van der Waals surface area contributed by atoms with Crippen molar-refractivity contribution in [2.75, 3.05) is 6.61 Å².